The predicted molar refractivity (Wildman–Crippen MR) is 73.0 cm³/mol. The minimum atomic E-state index is 0.336. The van der Waals surface area contributed by atoms with E-state index in [2.05, 4.69) is 20.8 Å². The molecule has 1 aliphatic heterocycles. The van der Waals surface area contributed by atoms with Crippen LogP contribution in [-0.4, -0.2) is 33.3 Å². The van der Waals surface area contributed by atoms with E-state index in [1.54, 1.807) is 0 Å². The lowest BCUT2D eigenvalue weighted by molar-refractivity contribution is -0.131. The first-order chi connectivity index (χ1) is 7.76. The van der Waals surface area contributed by atoms with Gasteiger partial charge in [-0.2, -0.15) is 0 Å². The Hall–Kier alpha value is 0.300. The fourth-order valence-electron chi connectivity index (χ4n) is 2.65. The summed E-state index contributed by atoms with van der Waals surface area (Å²) in [6, 6.07) is 0. The SMILES string of the molecule is O=C1CC2(CCCC2)SCN1CCCCBr. The lowest BCUT2D eigenvalue weighted by atomic mass is 10.0. The molecule has 1 spiro atoms. The monoisotopic (exact) mass is 305 g/mol. The molecule has 1 saturated heterocycles. The van der Waals surface area contributed by atoms with Crippen molar-refractivity contribution in [1.29, 1.82) is 0 Å². The molecule has 0 aromatic heterocycles. The molecule has 0 bridgehead atoms. The largest absolute Gasteiger partial charge is 0.333 e. The number of hydrogen-bond acceptors (Lipinski definition) is 2. The Kier molecular flexibility index (Phi) is 4.59. The summed E-state index contributed by atoms with van der Waals surface area (Å²) < 4.78 is 0.336. The number of alkyl halides is 1. The van der Waals surface area contributed by atoms with Gasteiger partial charge in [0, 0.05) is 23.0 Å². The smallest absolute Gasteiger partial charge is 0.224 e. The number of halogens is 1. The molecule has 1 saturated carbocycles. The van der Waals surface area contributed by atoms with Crippen molar-refractivity contribution in [2.24, 2.45) is 0 Å². The molecular weight excluding hydrogens is 286 g/mol. The number of carbonyl (C=O) groups excluding carboxylic acids is 1. The summed E-state index contributed by atoms with van der Waals surface area (Å²) in [7, 11) is 0. The third-order valence-corrected chi connectivity index (χ3v) is 5.85. The molecule has 1 heterocycles. The summed E-state index contributed by atoms with van der Waals surface area (Å²) in [6.07, 6.45) is 8.27. The Bertz CT molecular complexity index is 253. The van der Waals surface area contributed by atoms with Gasteiger partial charge in [0.2, 0.25) is 5.91 Å². The molecule has 0 unspecified atom stereocenters. The Labute approximate surface area is 111 Å². The number of carbonyl (C=O) groups is 1. The van der Waals surface area contributed by atoms with Crippen LogP contribution in [0.5, 0.6) is 0 Å². The van der Waals surface area contributed by atoms with Crippen LogP contribution >= 0.6 is 27.7 Å². The molecule has 1 amide bonds. The number of hydrogen-bond donors (Lipinski definition) is 0. The molecule has 0 radical (unpaired) electrons. The van der Waals surface area contributed by atoms with Gasteiger partial charge < -0.3 is 4.90 Å². The summed E-state index contributed by atoms with van der Waals surface area (Å²) in [5.74, 6) is 1.33. The standard InChI is InChI=1S/C12H20BrNOS/c13-7-3-4-8-14-10-16-12(9-11(14)15)5-1-2-6-12/h1-10H2. The van der Waals surface area contributed by atoms with Crippen LogP contribution < -0.4 is 0 Å². The van der Waals surface area contributed by atoms with E-state index in [1.807, 2.05) is 11.8 Å². The highest BCUT2D eigenvalue weighted by Gasteiger charge is 2.41. The summed E-state index contributed by atoms with van der Waals surface area (Å²) in [5.41, 5.74) is 0. The Balaban J connectivity index is 1.81. The van der Waals surface area contributed by atoms with Gasteiger partial charge in [-0.1, -0.05) is 28.8 Å². The molecule has 0 N–H and O–H groups in total. The van der Waals surface area contributed by atoms with E-state index in [1.165, 1.54) is 32.1 Å². The highest BCUT2D eigenvalue weighted by molar-refractivity contribution is 9.09. The van der Waals surface area contributed by atoms with Gasteiger partial charge in [0.1, 0.15) is 0 Å². The third kappa shape index (κ3) is 2.95. The van der Waals surface area contributed by atoms with Gasteiger partial charge in [-0.15, -0.1) is 11.8 Å². The number of thioether (sulfide) groups is 1. The van der Waals surface area contributed by atoms with Gasteiger partial charge in [-0.3, -0.25) is 4.79 Å². The van der Waals surface area contributed by atoms with Gasteiger partial charge in [-0.25, -0.2) is 0 Å². The van der Waals surface area contributed by atoms with Gasteiger partial charge in [0.05, 0.1) is 5.88 Å². The first kappa shape index (κ1) is 12.7. The average Bonchev–Trinajstić information content (AvgIpc) is 2.70. The first-order valence-electron chi connectivity index (χ1n) is 6.23. The molecule has 2 fully saturated rings. The van der Waals surface area contributed by atoms with Crippen LogP contribution in [0.15, 0.2) is 0 Å². The van der Waals surface area contributed by atoms with Crippen molar-refractivity contribution in [2.45, 2.75) is 49.7 Å². The molecule has 92 valence electrons. The minimum absolute atomic E-state index is 0.336. The lowest BCUT2D eigenvalue weighted by Gasteiger charge is -2.38. The van der Waals surface area contributed by atoms with Crippen molar-refractivity contribution in [3.63, 3.8) is 0 Å². The van der Waals surface area contributed by atoms with Crippen LogP contribution in [0.3, 0.4) is 0 Å². The van der Waals surface area contributed by atoms with Gasteiger partial charge in [0.25, 0.3) is 0 Å². The van der Waals surface area contributed by atoms with Crippen molar-refractivity contribution >= 4 is 33.6 Å². The predicted octanol–water partition coefficient (Wildman–Crippen LogP) is 3.40. The average molecular weight is 306 g/mol. The number of nitrogens with zero attached hydrogens (tertiary/aromatic N) is 1. The quantitative estimate of drug-likeness (QED) is 0.586. The van der Waals surface area contributed by atoms with Crippen molar-refractivity contribution < 1.29 is 4.79 Å². The maximum atomic E-state index is 12.1. The zero-order valence-electron chi connectivity index (χ0n) is 9.71. The second-order valence-corrected chi connectivity index (χ2v) is 7.10. The zero-order chi connectivity index (χ0) is 11.4. The van der Waals surface area contributed by atoms with E-state index in [0.717, 1.165) is 30.6 Å². The van der Waals surface area contributed by atoms with E-state index in [0.29, 0.717) is 10.7 Å². The molecule has 0 aromatic carbocycles. The molecule has 1 aliphatic carbocycles. The van der Waals surface area contributed by atoms with Crippen LogP contribution in [0.25, 0.3) is 0 Å². The van der Waals surface area contributed by atoms with E-state index < -0.39 is 0 Å². The van der Waals surface area contributed by atoms with Crippen molar-refractivity contribution in [1.82, 2.24) is 4.90 Å². The van der Waals surface area contributed by atoms with Crippen molar-refractivity contribution in [3.8, 4) is 0 Å². The molecule has 16 heavy (non-hydrogen) atoms. The molecular formula is C12H20BrNOS. The molecule has 2 rings (SSSR count). The highest BCUT2D eigenvalue weighted by Crippen LogP contribution is 2.47. The maximum absolute atomic E-state index is 12.1. The van der Waals surface area contributed by atoms with Gasteiger partial charge in [0.15, 0.2) is 0 Å². The van der Waals surface area contributed by atoms with E-state index in [9.17, 15) is 4.79 Å². The second kappa shape index (κ2) is 5.76. The van der Waals surface area contributed by atoms with Gasteiger partial charge in [-0.05, 0) is 25.7 Å². The minimum Gasteiger partial charge on any atom is -0.333 e. The number of rotatable bonds is 4. The lowest BCUT2D eigenvalue weighted by Crippen LogP contribution is -2.43. The molecule has 2 aliphatic rings. The van der Waals surface area contributed by atoms with E-state index in [-0.39, 0.29) is 0 Å². The maximum Gasteiger partial charge on any atom is 0.224 e. The van der Waals surface area contributed by atoms with Crippen LogP contribution in [-0.2, 0) is 4.79 Å². The fraction of sp³-hybridized carbons (Fsp3) is 0.917. The Morgan fingerprint density at radius 3 is 2.69 bits per heavy atom. The van der Waals surface area contributed by atoms with Crippen LogP contribution in [0.4, 0.5) is 0 Å². The van der Waals surface area contributed by atoms with Crippen molar-refractivity contribution in [2.75, 3.05) is 17.8 Å². The fourth-order valence-corrected chi connectivity index (χ4v) is 4.55. The Morgan fingerprint density at radius 2 is 2.06 bits per heavy atom. The van der Waals surface area contributed by atoms with Gasteiger partial charge >= 0.3 is 0 Å². The van der Waals surface area contributed by atoms with E-state index in [4.69, 9.17) is 0 Å². The molecule has 2 nitrogen and oxygen atoms in total. The summed E-state index contributed by atoms with van der Waals surface area (Å²) in [4.78, 5) is 14.1. The summed E-state index contributed by atoms with van der Waals surface area (Å²) >= 11 is 5.47. The van der Waals surface area contributed by atoms with Crippen LogP contribution in [0.2, 0.25) is 0 Å². The first-order valence-corrected chi connectivity index (χ1v) is 8.34. The summed E-state index contributed by atoms with van der Waals surface area (Å²) in [5, 5.41) is 1.05. The topological polar surface area (TPSA) is 20.3 Å². The molecule has 0 aromatic rings. The van der Waals surface area contributed by atoms with Crippen molar-refractivity contribution in [3.05, 3.63) is 0 Å². The molecule has 4 heteroatoms. The zero-order valence-corrected chi connectivity index (χ0v) is 12.1. The third-order valence-electron chi connectivity index (χ3n) is 3.68. The number of amides is 1. The normalized spacial score (nSPS) is 24.3. The van der Waals surface area contributed by atoms with Crippen LogP contribution in [0.1, 0.15) is 44.9 Å². The molecule has 0 atom stereocenters. The summed E-state index contributed by atoms with van der Waals surface area (Å²) in [6.45, 7) is 0.952. The number of unbranched alkanes of at least 4 members (excludes halogenated alkanes) is 1. The second-order valence-electron chi connectivity index (χ2n) is 4.89. The van der Waals surface area contributed by atoms with E-state index >= 15 is 0 Å². The Morgan fingerprint density at radius 1 is 1.31 bits per heavy atom. The van der Waals surface area contributed by atoms with Crippen LogP contribution in [0, 0.1) is 0 Å². The highest BCUT2D eigenvalue weighted by atomic mass is 79.9.